The van der Waals surface area contributed by atoms with E-state index in [1.165, 1.54) is 0 Å². The molecule has 1 aromatic rings. The molecule has 3 rings (SSSR count). The summed E-state index contributed by atoms with van der Waals surface area (Å²) in [6.45, 7) is 0.121. The lowest BCUT2D eigenvalue weighted by Crippen LogP contribution is -2.64. The molecule has 10 atom stereocenters. The van der Waals surface area contributed by atoms with Crippen LogP contribution in [0.3, 0.4) is 0 Å². The number of nitrogens with two attached hydrogens (primary N) is 1. The minimum atomic E-state index is -5.52. The minimum Gasteiger partial charge on any atom is -0.394 e. The number of ether oxygens (including phenoxy) is 1. The summed E-state index contributed by atoms with van der Waals surface area (Å²) in [7, 11) is -11.0. The molecule has 0 radical (unpaired) electrons. The van der Waals surface area contributed by atoms with E-state index < -0.39 is 101 Å². The lowest BCUT2D eigenvalue weighted by Gasteiger charge is -2.37. The molecule has 12 N–H and O–H groups in total. The Balaban J connectivity index is 1.87. The molecule has 2 aliphatic rings. The SMILES string of the molecule is C[C@H](OP(=O)(O)OP(=O)(O)O)[C@@H](O)[C@@H](O)[C@H](O)C(=O)N1c2c(ncn2[C@@H]2O[C@H](CO)[C@@H](O)[C@H]2O)C(=O)NC1N. The van der Waals surface area contributed by atoms with Crippen LogP contribution in [0.1, 0.15) is 23.6 Å². The fourth-order valence-corrected chi connectivity index (χ4v) is 5.64. The third-order valence-corrected chi connectivity index (χ3v) is 7.99. The highest BCUT2D eigenvalue weighted by Crippen LogP contribution is 2.58. The molecule has 222 valence electrons. The summed E-state index contributed by atoms with van der Waals surface area (Å²) in [6, 6.07) is 0. The third kappa shape index (κ3) is 6.54. The normalized spacial score (nSPS) is 30.2. The first-order valence-electron chi connectivity index (χ1n) is 10.8. The number of carbonyl (C=O) groups is 2. The molecule has 3 heterocycles. The molecule has 0 aromatic carbocycles. The fraction of sp³-hybridized carbons (Fsp3) is 0.688. The number of imidazole rings is 1. The van der Waals surface area contributed by atoms with E-state index in [1.54, 1.807) is 0 Å². The highest BCUT2D eigenvalue weighted by molar-refractivity contribution is 7.60. The number of nitrogens with zero attached hydrogens (tertiary/aromatic N) is 3. The Morgan fingerprint density at radius 1 is 1.21 bits per heavy atom. The van der Waals surface area contributed by atoms with Crippen molar-refractivity contribution in [1.29, 1.82) is 0 Å². The molecule has 0 aliphatic carbocycles. The van der Waals surface area contributed by atoms with Gasteiger partial charge in [0.05, 0.1) is 19.0 Å². The van der Waals surface area contributed by atoms with Crippen LogP contribution < -0.4 is 16.0 Å². The van der Waals surface area contributed by atoms with Gasteiger partial charge < -0.3 is 55.4 Å². The maximum Gasteiger partial charge on any atom is 0.481 e. The number of aliphatic hydroxyl groups excluding tert-OH is 6. The first kappa shape index (κ1) is 31.6. The quantitative estimate of drug-likeness (QED) is 0.110. The molecule has 1 aromatic heterocycles. The number of nitrogens with one attached hydrogen (secondary N) is 1. The van der Waals surface area contributed by atoms with Crippen LogP contribution >= 0.6 is 15.6 Å². The number of hydrogen-bond donors (Lipinski definition) is 11. The van der Waals surface area contributed by atoms with Gasteiger partial charge in [-0.1, -0.05) is 0 Å². The zero-order chi connectivity index (χ0) is 29.6. The van der Waals surface area contributed by atoms with E-state index in [0.29, 0.717) is 4.90 Å². The van der Waals surface area contributed by atoms with Crippen molar-refractivity contribution in [3.05, 3.63) is 12.0 Å². The lowest BCUT2D eigenvalue weighted by atomic mass is 10.0. The second-order valence-electron chi connectivity index (χ2n) is 8.46. The maximum absolute atomic E-state index is 13.2. The van der Waals surface area contributed by atoms with Crippen LogP contribution in [0.2, 0.25) is 0 Å². The average molecular weight is 607 g/mol. The van der Waals surface area contributed by atoms with Gasteiger partial charge >= 0.3 is 15.6 Å². The zero-order valence-electron chi connectivity index (χ0n) is 19.7. The Labute approximate surface area is 217 Å². The van der Waals surface area contributed by atoms with Crippen molar-refractivity contribution in [2.24, 2.45) is 5.73 Å². The Hall–Kier alpha value is -1.91. The molecule has 0 bridgehead atoms. The topological polar surface area (TPSA) is 337 Å². The van der Waals surface area contributed by atoms with Gasteiger partial charge in [-0.2, -0.15) is 4.31 Å². The molecule has 39 heavy (non-hydrogen) atoms. The van der Waals surface area contributed by atoms with E-state index in [4.69, 9.17) is 20.3 Å². The summed E-state index contributed by atoms with van der Waals surface area (Å²) in [5.41, 5.74) is 5.37. The summed E-state index contributed by atoms with van der Waals surface area (Å²) < 4.78 is 36.7. The van der Waals surface area contributed by atoms with Crippen LogP contribution in [0.25, 0.3) is 0 Å². The monoisotopic (exact) mass is 607 g/mol. The molecule has 23 heteroatoms. The lowest BCUT2D eigenvalue weighted by molar-refractivity contribution is -0.143. The minimum absolute atomic E-state index is 0.475. The van der Waals surface area contributed by atoms with E-state index in [0.717, 1.165) is 17.8 Å². The van der Waals surface area contributed by atoms with Gasteiger partial charge in [0.25, 0.3) is 11.8 Å². The number of fused-ring (bicyclic) bond motifs is 1. The second kappa shape index (κ2) is 11.5. The Morgan fingerprint density at radius 3 is 2.36 bits per heavy atom. The number of aromatic nitrogens is 2. The van der Waals surface area contributed by atoms with Crippen molar-refractivity contribution in [1.82, 2.24) is 14.9 Å². The number of hydrogen-bond acceptors (Lipinski definition) is 15. The van der Waals surface area contributed by atoms with Crippen molar-refractivity contribution >= 4 is 33.3 Å². The van der Waals surface area contributed by atoms with E-state index in [2.05, 4.69) is 19.1 Å². The predicted octanol–water partition coefficient (Wildman–Crippen LogP) is -5.49. The van der Waals surface area contributed by atoms with Gasteiger partial charge in [0.1, 0.15) is 30.5 Å². The number of aliphatic hydroxyl groups is 6. The van der Waals surface area contributed by atoms with Crippen molar-refractivity contribution in [2.45, 2.75) is 62.2 Å². The first-order chi connectivity index (χ1) is 17.9. The molecule has 21 nitrogen and oxygen atoms in total. The van der Waals surface area contributed by atoms with Crippen molar-refractivity contribution in [3.63, 3.8) is 0 Å². The molecule has 2 aliphatic heterocycles. The smallest absolute Gasteiger partial charge is 0.394 e. The number of amides is 2. The largest absolute Gasteiger partial charge is 0.481 e. The van der Waals surface area contributed by atoms with Gasteiger partial charge in [0.2, 0.25) is 0 Å². The molecule has 1 fully saturated rings. The van der Waals surface area contributed by atoms with E-state index in [1.807, 2.05) is 0 Å². The number of phosphoric acid groups is 2. The Kier molecular flexibility index (Phi) is 9.34. The molecule has 2 amide bonds. The van der Waals surface area contributed by atoms with Crippen LogP contribution in [0.5, 0.6) is 0 Å². The average Bonchev–Trinajstić information content (AvgIpc) is 3.36. The van der Waals surface area contributed by atoms with Gasteiger partial charge in [-0.25, -0.2) is 14.1 Å². The number of phosphoric ester groups is 1. The van der Waals surface area contributed by atoms with Crippen molar-refractivity contribution in [3.8, 4) is 0 Å². The zero-order valence-corrected chi connectivity index (χ0v) is 21.5. The van der Waals surface area contributed by atoms with E-state index >= 15 is 0 Å². The maximum atomic E-state index is 13.2. The summed E-state index contributed by atoms with van der Waals surface area (Å²) in [5, 5.41) is 63.1. The van der Waals surface area contributed by atoms with Gasteiger partial charge in [-0.3, -0.25) is 29.3 Å². The van der Waals surface area contributed by atoms with Gasteiger partial charge in [0, 0.05) is 0 Å². The summed E-state index contributed by atoms with van der Waals surface area (Å²) in [5.74, 6) is -2.88. The van der Waals surface area contributed by atoms with E-state index in [9.17, 15) is 54.3 Å². The molecule has 0 spiro atoms. The highest BCUT2D eigenvalue weighted by Gasteiger charge is 2.49. The number of carbonyl (C=O) groups excluding carboxylic acids is 2. The van der Waals surface area contributed by atoms with Crippen LogP contribution in [0.4, 0.5) is 5.82 Å². The number of anilines is 1. The van der Waals surface area contributed by atoms with Gasteiger partial charge in [-0.15, -0.1) is 0 Å². The molecule has 2 unspecified atom stereocenters. The first-order valence-corrected chi connectivity index (χ1v) is 13.8. The highest BCUT2D eigenvalue weighted by atomic mass is 31.3. The van der Waals surface area contributed by atoms with Crippen LogP contribution in [0.15, 0.2) is 6.33 Å². The Morgan fingerprint density at radius 2 is 1.82 bits per heavy atom. The van der Waals surface area contributed by atoms with Crippen LogP contribution in [-0.2, 0) is 27.5 Å². The van der Waals surface area contributed by atoms with Gasteiger partial charge in [-0.05, 0) is 6.92 Å². The van der Waals surface area contributed by atoms with Crippen LogP contribution in [-0.4, -0.2) is 122 Å². The molecular weight excluding hydrogens is 580 g/mol. The Bertz CT molecular complexity index is 1180. The number of rotatable bonds is 10. The predicted molar refractivity (Wildman–Crippen MR) is 120 cm³/mol. The summed E-state index contributed by atoms with van der Waals surface area (Å²) >= 11 is 0. The van der Waals surface area contributed by atoms with E-state index in [-0.39, 0.29) is 0 Å². The van der Waals surface area contributed by atoms with Gasteiger partial charge in [0.15, 0.2) is 30.1 Å². The second-order valence-corrected chi connectivity index (χ2v) is 11.2. The fourth-order valence-electron chi connectivity index (χ4n) is 3.87. The summed E-state index contributed by atoms with van der Waals surface area (Å²) in [6.07, 6.45) is -16.3. The van der Waals surface area contributed by atoms with Crippen molar-refractivity contribution < 1.29 is 77.6 Å². The third-order valence-electron chi connectivity index (χ3n) is 5.71. The van der Waals surface area contributed by atoms with Crippen LogP contribution in [0, 0.1) is 0 Å². The molecular formula is C16H27N5O16P2. The summed E-state index contributed by atoms with van der Waals surface area (Å²) in [4.78, 5) is 56.7. The molecule has 1 saturated heterocycles. The molecule has 0 saturated carbocycles. The van der Waals surface area contributed by atoms with Crippen molar-refractivity contribution in [2.75, 3.05) is 11.5 Å². The standard InChI is InChI=1S/C16H27N5O16P2/c1-4(36-39(33,34)37-38(30,31)32)7(23)9(25)10(26)14(29)21-13-6(12(28)19-16(21)17)18-3-20(13)15-11(27)8(24)5(2-22)35-15/h3-5,7-11,15-16,22-27H,2,17H2,1H3,(H,19,28)(H,33,34)(H2,30,31,32)/t4-,5+,7+,8+,9+,10-,11+,15+,16?/m0/s1.